The highest BCUT2D eigenvalue weighted by atomic mass is 35.5. The van der Waals surface area contributed by atoms with Gasteiger partial charge in [-0.2, -0.15) is 0 Å². The van der Waals surface area contributed by atoms with E-state index in [0.29, 0.717) is 35.1 Å². The molecule has 0 fully saturated rings. The van der Waals surface area contributed by atoms with Crippen LogP contribution >= 0.6 is 11.6 Å². The lowest BCUT2D eigenvalue weighted by Crippen LogP contribution is -2.07. The molecule has 0 N–H and O–H groups in total. The Kier molecular flexibility index (Phi) is 5.58. The first-order chi connectivity index (χ1) is 12.6. The van der Waals surface area contributed by atoms with Gasteiger partial charge < -0.3 is 14.2 Å². The highest BCUT2D eigenvalue weighted by molar-refractivity contribution is 6.18. The predicted octanol–water partition coefficient (Wildman–Crippen LogP) is 4.24. The van der Waals surface area contributed by atoms with E-state index in [9.17, 15) is 9.59 Å². The van der Waals surface area contributed by atoms with Crippen molar-refractivity contribution in [2.75, 3.05) is 13.0 Å². The van der Waals surface area contributed by atoms with E-state index < -0.39 is 0 Å². The molecule has 0 amide bonds. The first-order valence-electron chi connectivity index (χ1n) is 8.09. The van der Waals surface area contributed by atoms with Gasteiger partial charge in [-0.1, -0.05) is 12.1 Å². The van der Waals surface area contributed by atoms with Gasteiger partial charge in [0.2, 0.25) is 5.78 Å². The minimum absolute atomic E-state index is 0.207. The molecule has 134 valence electrons. The zero-order valence-corrected chi connectivity index (χ0v) is 14.9. The maximum absolute atomic E-state index is 12.5. The molecule has 0 radical (unpaired) electrons. The van der Waals surface area contributed by atoms with E-state index in [1.165, 1.54) is 6.07 Å². The zero-order valence-electron chi connectivity index (χ0n) is 14.2. The maximum atomic E-state index is 12.5. The van der Waals surface area contributed by atoms with E-state index >= 15 is 0 Å². The van der Waals surface area contributed by atoms with Crippen LogP contribution in [0.5, 0.6) is 17.2 Å². The molecule has 26 heavy (non-hydrogen) atoms. The Morgan fingerprint density at radius 2 is 2.04 bits per heavy atom. The van der Waals surface area contributed by atoms with Gasteiger partial charge in [-0.05, 0) is 42.3 Å². The van der Waals surface area contributed by atoms with Crippen LogP contribution in [0.15, 0.2) is 48.2 Å². The van der Waals surface area contributed by atoms with Crippen LogP contribution in [0.4, 0.5) is 0 Å². The molecule has 0 saturated heterocycles. The van der Waals surface area contributed by atoms with Gasteiger partial charge in [-0.25, -0.2) is 0 Å². The molecular formula is C20H17ClO5. The number of hydrogen-bond acceptors (Lipinski definition) is 5. The standard InChI is InChI=1S/C20H17ClO5/c1-24-14-5-2-4-13(10-14)11-18-20(23)16-8-7-15(12-17(16)26-18)25-19(22)6-3-9-21/h2,4-5,7-8,10-12H,3,6,9H2,1H3/b18-11-. The number of benzene rings is 2. The van der Waals surface area contributed by atoms with Crippen molar-refractivity contribution < 1.29 is 23.8 Å². The molecule has 2 aromatic rings. The first-order valence-corrected chi connectivity index (χ1v) is 8.63. The van der Waals surface area contributed by atoms with Crippen LogP contribution < -0.4 is 14.2 Å². The lowest BCUT2D eigenvalue weighted by Gasteiger charge is -2.05. The number of ether oxygens (including phenoxy) is 3. The Hall–Kier alpha value is -2.79. The number of ketones is 1. The number of methoxy groups -OCH3 is 1. The van der Waals surface area contributed by atoms with Crippen LogP contribution in [-0.2, 0) is 4.79 Å². The topological polar surface area (TPSA) is 61.8 Å². The Morgan fingerprint density at radius 1 is 1.19 bits per heavy atom. The molecule has 6 heteroatoms. The highest BCUT2D eigenvalue weighted by Crippen LogP contribution is 2.35. The Labute approximate surface area is 156 Å². The fourth-order valence-electron chi connectivity index (χ4n) is 2.51. The van der Waals surface area contributed by atoms with Gasteiger partial charge in [0.05, 0.1) is 12.7 Å². The zero-order chi connectivity index (χ0) is 18.5. The number of allylic oxidation sites excluding steroid dienone is 1. The lowest BCUT2D eigenvalue weighted by atomic mass is 10.1. The predicted molar refractivity (Wildman–Crippen MR) is 98.0 cm³/mol. The molecule has 0 aliphatic carbocycles. The first kappa shape index (κ1) is 18.0. The Bertz CT molecular complexity index is 872. The summed E-state index contributed by atoms with van der Waals surface area (Å²) >= 11 is 5.56. The van der Waals surface area contributed by atoms with Crippen molar-refractivity contribution in [1.82, 2.24) is 0 Å². The van der Waals surface area contributed by atoms with E-state index in [1.54, 1.807) is 31.4 Å². The second-order valence-corrected chi connectivity index (χ2v) is 6.02. The van der Waals surface area contributed by atoms with E-state index in [0.717, 1.165) is 5.56 Å². The van der Waals surface area contributed by atoms with Crippen molar-refractivity contribution in [1.29, 1.82) is 0 Å². The summed E-state index contributed by atoms with van der Waals surface area (Å²) in [6.07, 6.45) is 2.44. The summed E-state index contributed by atoms with van der Waals surface area (Å²) in [5, 5.41) is 0. The summed E-state index contributed by atoms with van der Waals surface area (Å²) in [4.78, 5) is 24.2. The number of rotatable bonds is 6. The molecule has 1 aliphatic rings. The van der Waals surface area contributed by atoms with Gasteiger partial charge in [0.15, 0.2) is 5.76 Å². The van der Waals surface area contributed by atoms with E-state index in [4.69, 9.17) is 25.8 Å². The molecule has 5 nitrogen and oxygen atoms in total. The maximum Gasteiger partial charge on any atom is 0.311 e. The number of carbonyl (C=O) groups excluding carboxylic acids is 2. The number of fused-ring (bicyclic) bond motifs is 1. The van der Waals surface area contributed by atoms with Crippen LogP contribution in [-0.4, -0.2) is 24.7 Å². The summed E-state index contributed by atoms with van der Waals surface area (Å²) in [5.41, 5.74) is 1.22. The summed E-state index contributed by atoms with van der Waals surface area (Å²) in [5.74, 6) is 1.40. The molecule has 2 aromatic carbocycles. The molecule has 0 unspecified atom stereocenters. The lowest BCUT2D eigenvalue weighted by molar-refractivity contribution is -0.134. The third-order valence-corrected chi connectivity index (χ3v) is 4.05. The second-order valence-electron chi connectivity index (χ2n) is 5.64. The fourth-order valence-corrected chi connectivity index (χ4v) is 2.64. The Morgan fingerprint density at radius 3 is 2.81 bits per heavy atom. The van der Waals surface area contributed by atoms with E-state index in [-0.39, 0.29) is 23.9 Å². The SMILES string of the molecule is COc1cccc(/C=C2\Oc3cc(OC(=O)CCCCl)ccc3C2=O)c1. The summed E-state index contributed by atoms with van der Waals surface area (Å²) in [6, 6.07) is 12.0. The number of alkyl halides is 1. The monoisotopic (exact) mass is 372 g/mol. The van der Waals surface area contributed by atoms with Crippen LogP contribution in [0, 0.1) is 0 Å². The van der Waals surface area contributed by atoms with Crippen molar-refractivity contribution in [2.24, 2.45) is 0 Å². The summed E-state index contributed by atoms with van der Waals surface area (Å²) in [6.45, 7) is 0. The van der Waals surface area contributed by atoms with Gasteiger partial charge >= 0.3 is 5.97 Å². The van der Waals surface area contributed by atoms with E-state index in [1.807, 2.05) is 18.2 Å². The smallest absolute Gasteiger partial charge is 0.311 e. The number of esters is 1. The Balaban J connectivity index is 1.78. The van der Waals surface area contributed by atoms with Crippen LogP contribution in [0.25, 0.3) is 6.08 Å². The van der Waals surface area contributed by atoms with Crippen LogP contribution in [0.3, 0.4) is 0 Å². The summed E-state index contributed by atoms with van der Waals surface area (Å²) < 4.78 is 16.1. The molecular weight excluding hydrogens is 356 g/mol. The van der Waals surface area contributed by atoms with Crippen molar-refractivity contribution in [3.05, 3.63) is 59.4 Å². The molecule has 0 bridgehead atoms. The molecule has 0 aromatic heterocycles. The average Bonchev–Trinajstić information content (AvgIpc) is 2.95. The molecule has 1 aliphatic heterocycles. The number of carbonyl (C=O) groups is 2. The third-order valence-electron chi connectivity index (χ3n) is 3.78. The highest BCUT2D eigenvalue weighted by Gasteiger charge is 2.28. The van der Waals surface area contributed by atoms with Crippen LogP contribution in [0.1, 0.15) is 28.8 Å². The van der Waals surface area contributed by atoms with Gasteiger partial charge in [0.25, 0.3) is 0 Å². The van der Waals surface area contributed by atoms with Crippen molar-refractivity contribution in [3.63, 3.8) is 0 Å². The minimum Gasteiger partial charge on any atom is -0.497 e. The molecule has 0 saturated carbocycles. The van der Waals surface area contributed by atoms with Crippen molar-refractivity contribution in [2.45, 2.75) is 12.8 Å². The number of Topliss-reactive ketones (excluding diaryl/α,β-unsaturated/α-hetero) is 1. The van der Waals surface area contributed by atoms with Crippen molar-refractivity contribution in [3.8, 4) is 17.2 Å². The van der Waals surface area contributed by atoms with Gasteiger partial charge in [0.1, 0.15) is 17.2 Å². The second kappa shape index (κ2) is 8.06. The number of halogens is 1. The minimum atomic E-state index is -0.373. The number of hydrogen-bond donors (Lipinski definition) is 0. The van der Waals surface area contributed by atoms with E-state index in [2.05, 4.69) is 0 Å². The summed E-state index contributed by atoms with van der Waals surface area (Å²) in [7, 11) is 1.58. The van der Waals surface area contributed by atoms with Crippen LogP contribution in [0.2, 0.25) is 0 Å². The average molecular weight is 373 g/mol. The molecule has 0 spiro atoms. The van der Waals surface area contributed by atoms with Gasteiger partial charge in [-0.3, -0.25) is 9.59 Å². The quantitative estimate of drug-likeness (QED) is 0.328. The third kappa shape index (κ3) is 4.06. The van der Waals surface area contributed by atoms with Crippen molar-refractivity contribution >= 4 is 29.4 Å². The van der Waals surface area contributed by atoms with Gasteiger partial charge in [0, 0.05) is 18.4 Å². The fraction of sp³-hybridized carbons (Fsp3) is 0.200. The largest absolute Gasteiger partial charge is 0.497 e. The molecule has 3 rings (SSSR count). The normalized spacial score (nSPS) is 14.1. The van der Waals surface area contributed by atoms with Gasteiger partial charge in [-0.15, -0.1) is 11.6 Å². The molecule has 0 atom stereocenters. The molecule has 1 heterocycles.